The van der Waals surface area contributed by atoms with Gasteiger partial charge in [0.05, 0.1) is 29.3 Å². The molecule has 0 aromatic heterocycles. The minimum absolute atomic E-state index is 0.532. The molecule has 0 saturated carbocycles. The Morgan fingerprint density at radius 3 is 2.52 bits per heavy atom. The van der Waals surface area contributed by atoms with Gasteiger partial charge in [0.15, 0.2) is 11.5 Å². The summed E-state index contributed by atoms with van der Waals surface area (Å²) in [7, 11) is 0. The highest BCUT2D eigenvalue weighted by Gasteiger charge is 2.12. The molecule has 25 heavy (non-hydrogen) atoms. The van der Waals surface area contributed by atoms with Crippen molar-refractivity contribution < 1.29 is 9.47 Å². The first-order valence-electron chi connectivity index (χ1n) is 8.05. The van der Waals surface area contributed by atoms with E-state index in [0.717, 1.165) is 22.0 Å². The lowest BCUT2D eigenvalue weighted by Gasteiger charge is -2.14. The van der Waals surface area contributed by atoms with Crippen LogP contribution in [-0.2, 0) is 0 Å². The second-order valence-corrected chi connectivity index (χ2v) is 6.58. The van der Waals surface area contributed by atoms with Gasteiger partial charge in [-0.15, -0.1) is 0 Å². The number of nitriles is 1. The van der Waals surface area contributed by atoms with Gasteiger partial charge in [-0.2, -0.15) is 5.26 Å². The zero-order valence-electron chi connectivity index (χ0n) is 14.2. The quantitative estimate of drug-likeness (QED) is 0.387. The average Bonchev–Trinajstić information content (AvgIpc) is 2.60. The predicted octanol–water partition coefficient (Wildman–Crippen LogP) is 6.35. The topological polar surface area (TPSA) is 42.2 Å². The smallest absolute Gasteiger partial charge is 0.175 e. The van der Waals surface area contributed by atoms with E-state index in [1.807, 2.05) is 37.3 Å². The van der Waals surface area contributed by atoms with Crippen LogP contribution in [0.5, 0.6) is 11.5 Å². The average molecular weight is 421 g/mol. The number of benzene rings is 2. The van der Waals surface area contributed by atoms with Crippen LogP contribution in [0.1, 0.15) is 31.4 Å². The fourth-order valence-corrected chi connectivity index (χ4v) is 2.95. The summed E-state index contributed by atoms with van der Waals surface area (Å²) in [6.45, 7) is 5.12. The van der Waals surface area contributed by atoms with Crippen LogP contribution in [0.25, 0.3) is 11.6 Å². The second kappa shape index (κ2) is 9.50. The van der Waals surface area contributed by atoms with Crippen LogP contribution in [0, 0.1) is 11.3 Å². The van der Waals surface area contributed by atoms with Crippen LogP contribution in [0.3, 0.4) is 0 Å². The SMILES string of the molecule is CCCOc1c(Br)cc(/C=C(\C#N)c2ccc(Cl)cc2)cc1OCC. The Morgan fingerprint density at radius 2 is 1.92 bits per heavy atom. The molecule has 130 valence electrons. The van der Waals surface area contributed by atoms with Crippen LogP contribution < -0.4 is 9.47 Å². The van der Waals surface area contributed by atoms with Crippen molar-refractivity contribution in [3.63, 3.8) is 0 Å². The first-order valence-corrected chi connectivity index (χ1v) is 9.23. The Balaban J connectivity index is 2.43. The van der Waals surface area contributed by atoms with E-state index in [9.17, 15) is 5.26 Å². The molecule has 0 saturated heterocycles. The van der Waals surface area contributed by atoms with Crippen molar-refractivity contribution in [2.75, 3.05) is 13.2 Å². The molecular formula is C20H19BrClNO2. The molecule has 2 aromatic rings. The van der Waals surface area contributed by atoms with Gasteiger partial charge in [-0.3, -0.25) is 0 Å². The zero-order chi connectivity index (χ0) is 18.2. The van der Waals surface area contributed by atoms with Crippen molar-refractivity contribution in [2.45, 2.75) is 20.3 Å². The van der Waals surface area contributed by atoms with E-state index in [2.05, 4.69) is 28.9 Å². The van der Waals surface area contributed by atoms with Gasteiger partial charge in [0.2, 0.25) is 0 Å². The molecular weight excluding hydrogens is 402 g/mol. The molecule has 0 aliphatic heterocycles. The number of allylic oxidation sites excluding steroid dienone is 1. The largest absolute Gasteiger partial charge is 0.490 e. The fourth-order valence-electron chi connectivity index (χ4n) is 2.25. The van der Waals surface area contributed by atoms with Crippen molar-refractivity contribution >= 4 is 39.2 Å². The Labute approximate surface area is 162 Å². The van der Waals surface area contributed by atoms with Gasteiger partial charge in [-0.25, -0.2) is 0 Å². The minimum Gasteiger partial charge on any atom is -0.490 e. The third kappa shape index (κ3) is 5.26. The van der Waals surface area contributed by atoms with Gasteiger partial charge in [-0.05, 0) is 70.7 Å². The van der Waals surface area contributed by atoms with Crippen LogP contribution in [0.2, 0.25) is 5.02 Å². The predicted molar refractivity (Wildman–Crippen MR) is 106 cm³/mol. The zero-order valence-corrected chi connectivity index (χ0v) is 16.5. The molecule has 0 amide bonds. The van der Waals surface area contributed by atoms with Gasteiger partial charge in [0.25, 0.3) is 0 Å². The Morgan fingerprint density at radius 1 is 1.20 bits per heavy atom. The van der Waals surface area contributed by atoms with Crippen LogP contribution in [0.4, 0.5) is 0 Å². The summed E-state index contributed by atoms with van der Waals surface area (Å²) in [6, 6.07) is 13.2. The Kier molecular flexibility index (Phi) is 7.36. The van der Waals surface area contributed by atoms with E-state index in [4.69, 9.17) is 21.1 Å². The van der Waals surface area contributed by atoms with Crippen LogP contribution in [-0.4, -0.2) is 13.2 Å². The molecule has 0 fully saturated rings. The lowest BCUT2D eigenvalue weighted by Crippen LogP contribution is -2.01. The maximum atomic E-state index is 9.50. The molecule has 0 atom stereocenters. The number of halogens is 2. The summed E-state index contributed by atoms with van der Waals surface area (Å²) in [5.74, 6) is 1.34. The molecule has 2 aromatic carbocycles. The lowest BCUT2D eigenvalue weighted by atomic mass is 10.0. The van der Waals surface area contributed by atoms with E-state index in [0.29, 0.717) is 35.3 Å². The number of hydrogen-bond acceptors (Lipinski definition) is 3. The Hall–Kier alpha value is -1.96. The summed E-state index contributed by atoms with van der Waals surface area (Å²) in [5, 5.41) is 10.1. The van der Waals surface area contributed by atoms with Crippen LogP contribution in [0.15, 0.2) is 40.9 Å². The first kappa shape index (κ1) is 19.4. The normalized spacial score (nSPS) is 11.1. The maximum absolute atomic E-state index is 9.50. The molecule has 0 bridgehead atoms. The van der Waals surface area contributed by atoms with Crippen molar-refractivity contribution in [3.8, 4) is 17.6 Å². The molecule has 0 aliphatic rings. The molecule has 0 radical (unpaired) electrons. The third-order valence-corrected chi connectivity index (χ3v) is 4.21. The highest BCUT2D eigenvalue weighted by Crippen LogP contribution is 2.38. The summed E-state index contributed by atoms with van der Waals surface area (Å²) in [5.41, 5.74) is 2.21. The lowest BCUT2D eigenvalue weighted by molar-refractivity contribution is 0.275. The second-order valence-electron chi connectivity index (χ2n) is 5.29. The van der Waals surface area contributed by atoms with Gasteiger partial charge >= 0.3 is 0 Å². The number of hydrogen-bond donors (Lipinski definition) is 0. The first-order chi connectivity index (χ1) is 12.1. The van der Waals surface area contributed by atoms with Gasteiger partial charge in [0, 0.05) is 5.02 Å². The summed E-state index contributed by atoms with van der Waals surface area (Å²) >= 11 is 9.46. The van der Waals surface area contributed by atoms with Crippen molar-refractivity contribution in [3.05, 3.63) is 57.0 Å². The maximum Gasteiger partial charge on any atom is 0.175 e. The van der Waals surface area contributed by atoms with Crippen molar-refractivity contribution in [1.82, 2.24) is 0 Å². The Bertz CT molecular complexity index is 795. The van der Waals surface area contributed by atoms with E-state index in [1.54, 1.807) is 12.1 Å². The monoisotopic (exact) mass is 419 g/mol. The third-order valence-electron chi connectivity index (χ3n) is 3.37. The van der Waals surface area contributed by atoms with Gasteiger partial charge in [0.1, 0.15) is 0 Å². The number of rotatable bonds is 7. The highest BCUT2D eigenvalue weighted by atomic mass is 79.9. The van der Waals surface area contributed by atoms with Gasteiger partial charge in [-0.1, -0.05) is 30.7 Å². The molecule has 3 nitrogen and oxygen atoms in total. The molecule has 2 rings (SSSR count). The fraction of sp³-hybridized carbons (Fsp3) is 0.250. The minimum atomic E-state index is 0.532. The van der Waals surface area contributed by atoms with E-state index in [1.165, 1.54) is 0 Å². The molecule has 0 heterocycles. The van der Waals surface area contributed by atoms with Crippen LogP contribution >= 0.6 is 27.5 Å². The summed E-state index contributed by atoms with van der Waals surface area (Å²) < 4.78 is 12.3. The standard InChI is InChI=1S/C20H19BrClNO2/c1-3-9-25-20-18(21)11-14(12-19(20)24-4-2)10-16(13-23)15-5-7-17(22)8-6-15/h5-8,10-12H,3-4,9H2,1-2H3/b16-10+. The van der Waals surface area contributed by atoms with E-state index < -0.39 is 0 Å². The van der Waals surface area contributed by atoms with Gasteiger partial charge < -0.3 is 9.47 Å². The number of ether oxygens (including phenoxy) is 2. The molecule has 0 spiro atoms. The highest BCUT2D eigenvalue weighted by molar-refractivity contribution is 9.10. The molecule has 5 heteroatoms. The van der Waals surface area contributed by atoms with Crippen molar-refractivity contribution in [1.29, 1.82) is 5.26 Å². The van der Waals surface area contributed by atoms with Crippen molar-refractivity contribution in [2.24, 2.45) is 0 Å². The summed E-state index contributed by atoms with van der Waals surface area (Å²) in [6.07, 6.45) is 2.73. The number of nitrogens with zero attached hydrogens (tertiary/aromatic N) is 1. The molecule has 0 unspecified atom stereocenters. The molecule has 0 N–H and O–H groups in total. The molecule has 0 aliphatic carbocycles. The van der Waals surface area contributed by atoms with E-state index in [-0.39, 0.29) is 0 Å². The van der Waals surface area contributed by atoms with E-state index >= 15 is 0 Å². The summed E-state index contributed by atoms with van der Waals surface area (Å²) in [4.78, 5) is 0.